The molecule has 0 aliphatic heterocycles. The van der Waals surface area contributed by atoms with E-state index in [0.29, 0.717) is 0 Å². The molecule has 1 atom stereocenters. The lowest BCUT2D eigenvalue weighted by atomic mass is 9.88. The second kappa shape index (κ2) is 3.94. The summed E-state index contributed by atoms with van der Waals surface area (Å²) in [6.07, 6.45) is 1.67. The first-order chi connectivity index (χ1) is 4.63. The first kappa shape index (κ1) is 9.92. The SMILES string of the molecule is CCC(CC)(NC)C(C)O. The number of hydrogen-bond donors (Lipinski definition) is 2. The van der Waals surface area contributed by atoms with E-state index in [1.54, 1.807) is 0 Å². The Labute approximate surface area is 63.6 Å². The number of rotatable bonds is 4. The molecule has 0 spiro atoms. The first-order valence-corrected chi connectivity index (χ1v) is 4.00. The molecular weight excluding hydrogens is 126 g/mol. The molecule has 0 heterocycles. The van der Waals surface area contributed by atoms with Crippen molar-refractivity contribution in [2.75, 3.05) is 7.05 Å². The van der Waals surface area contributed by atoms with Crippen LogP contribution in [0.15, 0.2) is 0 Å². The Morgan fingerprint density at radius 3 is 1.80 bits per heavy atom. The van der Waals surface area contributed by atoms with Crippen molar-refractivity contribution in [2.45, 2.75) is 45.3 Å². The van der Waals surface area contributed by atoms with Crippen LogP contribution < -0.4 is 5.32 Å². The first-order valence-electron chi connectivity index (χ1n) is 4.00. The summed E-state index contributed by atoms with van der Waals surface area (Å²) in [6, 6.07) is 0. The predicted molar refractivity (Wildman–Crippen MR) is 44.1 cm³/mol. The van der Waals surface area contributed by atoms with Crippen molar-refractivity contribution in [3.8, 4) is 0 Å². The Kier molecular flexibility index (Phi) is 3.91. The highest BCUT2D eigenvalue weighted by Crippen LogP contribution is 2.18. The molecule has 2 N–H and O–H groups in total. The molecule has 10 heavy (non-hydrogen) atoms. The zero-order valence-corrected chi connectivity index (χ0v) is 7.44. The molecule has 0 aliphatic rings. The highest BCUT2D eigenvalue weighted by Gasteiger charge is 2.28. The molecule has 0 fully saturated rings. The minimum absolute atomic E-state index is 0.0694. The van der Waals surface area contributed by atoms with Gasteiger partial charge < -0.3 is 10.4 Å². The van der Waals surface area contributed by atoms with Crippen LogP contribution in [0.5, 0.6) is 0 Å². The van der Waals surface area contributed by atoms with Crippen LogP contribution in [-0.4, -0.2) is 23.8 Å². The number of nitrogens with one attached hydrogen (secondary N) is 1. The molecule has 0 amide bonds. The average Bonchev–Trinajstić information content (AvgIpc) is 1.92. The second-order valence-electron chi connectivity index (χ2n) is 2.79. The van der Waals surface area contributed by atoms with Crippen molar-refractivity contribution in [3.63, 3.8) is 0 Å². The summed E-state index contributed by atoms with van der Waals surface area (Å²) in [7, 11) is 1.90. The standard InChI is InChI=1S/C8H19NO/c1-5-8(6-2,9-4)7(3)10/h7,9-10H,5-6H2,1-4H3. The fourth-order valence-corrected chi connectivity index (χ4v) is 1.40. The molecule has 0 saturated heterocycles. The maximum atomic E-state index is 9.40. The third-order valence-corrected chi connectivity index (χ3v) is 2.56. The van der Waals surface area contributed by atoms with Crippen LogP contribution in [0.1, 0.15) is 33.6 Å². The molecule has 0 rings (SSSR count). The van der Waals surface area contributed by atoms with Gasteiger partial charge in [-0.3, -0.25) is 0 Å². The Morgan fingerprint density at radius 2 is 1.80 bits per heavy atom. The minimum atomic E-state index is -0.271. The predicted octanol–water partition coefficient (Wildman–Crippen LogP) is 1.15. The van der Waals surface area contributed by atoms with E-state index >= 15 is 0 Å². The third kappa shape index (κ3) is 1.70. The van der Waals surface area contributed by atoms with E-state index in [-0.39, 0.29) is 11.6 Å². The van der Waals surface area contributed by atoms with Crippen molar-refractivity contribution in [3.05, 3.63) is 0 Å². The highest BCUT2D eigenvalue weighted by atomic mass is 16.3. The maximum absolute atomic E-state index is 9.40. The Balaban J connectivity index is 4.15. The van der Waals surface area contributed by atoms with Gasteiger partial charge in [-0.2, -0.15) is 0 Å². The Morgan fingerprint density at radius 1 is 1.40 bits per heavy atom. The summed E-state index contributed by atoms with van der Waals surface area (Å²) >= 11 is 0. The van der Waals surface area contributed by atoms with E-state index in [2.05, 4.69) is 19.2 Å². The van der Waals surface area contributed by atoms with E-state index in [9.17, 15) is 5.11 Å². The number of hydrogen-bond acceptors (Lipinski definition) is 2. The fourth-order valence-electron chi connectivity index (χ4n) is 1.40. The van der Waals surface area contributed by atoms with Gasteiger partial charge in [-0.1, -0.05) is 13.8 Å². The van der Waals surface area contributed by atoms with Gasteiger partial charge >= 0.3 is 0 Å². The summed E-state index contributed by atoms with van der Waals surface area (Å²) in [5.74, 6) is 0. The molecular formula is C8H19NO. The van der Waals surface area contributed by atoms with E-state index in [1.165, 1.54) is 0 Å². The molecule has 0 bridgehead atoms. The molecule has 0 aromatic heterocycles. The summed E-state index contributed by atoms with van der Waals surface area (Å²) in [5, 5.41) is 12.6. The van der Waals surface area contributed by atoms with Crippen LogP contribution >= 0.6 is 0 Å². The van der Waals surface area contributed by atoms with Crippen LogP contribution in [0, 0.1) is 0 Å². The largest absolute Gasteiger partial charge is 0.391 e. The molecule has 2 heteroatoms. The third-order valence-electron chi connectivity index (χ3n) is 2.56. The smallest absolute Gasteiger partial charge is 0.0693 e. The summed E-state index contributed by atoms with van der Waals surface area (Å²) in [4.78, 5) is 0. The lowest BCUT2D eigenvalue weighted by molar-refractivity contribution is 0.0730. The molecule has 0 radical (unpaired) electrons. The van der Waals surface area contributed by atoms with Crippen LogP contribution in [0.2, 0.25) is 0 Å². The van der Waals surface area contributed by atoms with Gasteiger partial charge in [0.15, 0.2) is 0 Å². The number of likely N-dealkylation sites (N-methyl/N-ethyl adjacent to an activating group) is 1. The number of aliphatic hydroxyl groups excluding tert-OH is 1. The summed E-state index contributed by atoms with van der Waals surface area (Å²) in [5.41, 5.74) is -0.0694. The topological polar surface area (TPSA) is 32.3 Å². The Hall–Kier alpha value is -0.0800. The molecule has 0 saturated carbocycles. The van der Waals surface area contributed by atoms with Crippen LogP contribution in [0.3, 0.4) is 0 Å². The quantitative estimate of drug-likeness (QED) is 0.622. The van der Waals surface area contributed by atoms with Crippen LogP contribution in [-0.2, 0) is 0 Å². The zero-order valence-electron chi connectivity index (χ0n) is 7.44. The summed E-state index contributed by atoms with van der Waals surface area (Å²) in [6.45, 7) is 6.02. The van der Waals surface area contributed by atoms with Gasteiger partial charge in [0.05, 0.1) is 6.10 Å². The molecule has 0 aromatic carbocycles. The number of aliphatic hydroxyl groups is 1. The normalized spacial score (nSPS) is 15.3. The zero-order chi connectivity index (χ0) is 8.20. The van der Waals surface area contributed by atoms with Gasteiger partial charge in [-0.25, -0.2) is 0 Å². The van der Waals surface area contributed by atoms with Crippen LogP contribution in [0.4, 0.5) is 0 Å². The van der Waals surface area contributed by atoms with E-state index in [4.69, 9.17) is 0 Å². The van der Waals surface area contributed by atoms with E-state index < -0.39 is 0 Å². The highest BCUT2D eigenvalue weighted by molar-refractivity contribution is 4.88. The molecule has 0 aromatic rings. The second-order valence-corrected chi connectivity index (χ2v) is 2.79. The van der Waals surface area contributed by atoms with Gasteiger partial charge in [0.1, 0.15) is 0 Å². The minimum Gasteiger partial charge on any atom is -0.391 e. The van der Waals surface area contributed by atoms with Gasteiger partial charge in [-0.05, 0) is 26.8 Å². The van der Waals surface area contributed by atoms with E-state index in [1.807, 2.05) is 14.0 Å². The van der Waals surface area contributed by atoms with Gasteiger partial charge in [0.2, 0.25) is 0 Å². The van der Waals surface area contributed by atoms with Gasteiger partial charge in [-0.15, -0.1) is 0 Å². The molecule has 1 unspecified atom stereocenters. The average molecular weight is 145 g/mol. The maximum Gasteiger partial charge on any atom is 0.0693 e. The monoisotopic (exact) mass is 145 g/mol. The molecule has 2 nitrogen and oxygen atoms in total. The molecule has 0 aliphatic carbocycles. The van der Waals surface area contributed by atoms with Crippen molar-refractivity contribution < 1.29 is 5.11 Å². The van der Waals surface area contributed by atoms with Crippen molar-refractivity contribution in [1.82, 2.24) is 5.32 Å². The van der Waals surface area contributed by atoms with Crippen molar-refractivity contribution >= 4 is 0 Å². The van der Waals surface area contributed by atoms with Crippen molar-refractivity contribution in [1.29, 1.82) is 0 Å². The fraction of sp³-hybridized carbons (Fsp3) is 1.00. The van der Waals surface area contributed by atoms with Gasteiger partial charge in [0, 0.05) is 5.54 Å². The Bertz CT molecular complexity index is 79.0. The van der Waals surface area contributed by atoms with Crippen LogP contribution in [0.25, 0.3) is 0 Å². The van der Waals surface area contributed by atoms with Gasteiger partial charge in [0.25, 0.3) is 0 Å². The van der Waals surface area contributed by atoms with E-state index in [0.717, 1.165) is 12.8 Å². The lowest BCUT2D eigenvalue weighted by Crippen LogP contribution is -2.50. The summed E-state index contributed by atoms with van der Waals surface area (Å²) < 4.78 is 0. The van der Waals surface area contributed by atoms with Crippen molar-refractivity contribution in [2.24, 2.45) is 0 Å². The lowest BCUT2D eigenvalue weighted by Gasteiger charge is -2.34. The molecule has 62 valence electrons.